The molecule has 2 unspecified atom stereocenters. The Balaban J connectivity index is 1.51. The SMILES string of the molecule is NCc1cccc(CC(=O)NC2C(=O)N3C(C(=O)O)=C(C(CC(=O)O)Sc4nnn[nH]4)CS[C@@H]23)c1. The summed E-state index contributed by atoms with van der Waals surface area (Å²) in [5.41, 5.74) is 7.26. The molecule has 15 heteroatoms. The van der Waals surface area contributed by atoms with Crippen LogP contribution >= 0.6 is 23.5 Å². The molecule has 6 N–H and O–H groups in total. The van der Waals surface area contributed by atoms with Crippen LogP contribution in [-0.4, -0.2) is 81.9 Å². The summed E-state index contributed by atoms with van der Waals surface area (Å²) in [5.74, 6) is -3.28. The molecule has 2 aromatic rings. The Morgan fingerprint density at radius 1 is 1.31 bits per heavy atom. The van der Waals surface area contributed by atoms with E-state index in [-0.39, 0.29) is 34.5 Å². The lowest BCUT2D eigenvalue weighted by molar-refractivity contribution is -0.150. The maximum absolute atomic E-state index is 12.9. The number of nitrogens with zero attached hydrogens (tertiary/aromatic N) is 4. The lowest BCUT2D eigenvalue weighted by Crippen LogP contribution is -2.70. The van der Waals surface area contributed by atoms with Crippen molar-refractivity contribution in [3.05, 3.63) is 46.7 Å². The van der Waals surface area contributed by atoms with Gasteiger partial charge in [0.2, 0.25) is 11.1 Å². The Morgan fingerprint density at radius 3 is 2.74 bits per heavy atom. The van der Waals surface area contributed by atoms with Gasteiger partial charge in [0.25, 0.3) is 5.91 Å². The second kappa shape index (κ2) is 10.5. The summed E-state index contributed by atoms with van der Waals surface area (Å²) < 4.78 is 0. The van der Waals surface area contributed by atoms with Gasteiger partial charge < -0.3 is 21.3 Å². The number of thioether (sulfide) groups is 2. The number of nitrogens with one attached hydrogen (secondary N) is 2. The lowest BCUT2D eigenvalue weighted by Gasteiger charge is -2.50. The van der Waals surface area contributed by atoms with Gasteiger partial charge in [-0.3, -0.25) is 19.3 Å². The fraction of sp³-hybridized carbons (Fsp3) is 0.350. The van der Waals surface area contributed by atoms with E-state index >= 15 is 0 Å². The molecule has 2 amide bonds. The fourth-order valence-electron chi connectivity index (χ4n) is 3.90. The van der Waals surface area contributed by atoms with Crippen LogP contribution in [-0.2, 0) is 32.1 Å². The molecule has 35 heavy (non-hydrogen) atoms. The summed E-state index contributed by atoms with van der Waals surface area (Å²) in [6.07, 6.45) is -0.350. The molecular weight excluding hydrogens is 498 g/mol. The second-order valence-corrected chi connectivity index (χ2v) is 10.0. The molecule has 3 heterocycles. The van der Waals surface area contributed by atoms with Crippen molar-refractivity contribution in [2.24, 2.45) is 5.73 Å². The predicted molar refractivity (Wildman–Crippen MR) is 124 cm³/mol. The first-order valence-corrected chi connectivity index (χ1v) is 12.3. The number of carbonyl (C=O) groups is 4. The number of nitrogens with two attached hydrogens (primary N) is 1. The molecule has 13 nitrogen and oxygen atoms in total. The van der Waals surface area contributed by atoms with E-state index in [2.05, 4.69) is 25.9 Å². The van der Waals surface area contributed by atoms with Crippen LogP contribution in [0.3, 0.4) is 0 Å². The van der Waals surface area contributed by atoms with Crippen molar-refractivity contribution < 1.29 is 29.4 Å². The zero-order chi connectivity index (χ0) is 25.1. The molecule has 4 rings (SSSR count). The molecule has 0 bridgehead atoms. The zero-order valence-electron chi connectivity index (χ0n) is 18.1. The number of hydrogen-bond acceptors (Lipinski definition) is 10. The van der Waals surface area contributed by atoms with E-state index < -0.39 is 40.9 Å². The fourth-order valence-corrected chi connectivity index (χ4v) is 6.43. The number of rotatable bonds is 10. The number of benzene rings is 1. The summed E-state index contributed by atoms with van der Waals surface area (Å²) in [7, 11) is 0. The van der Waals surface area contributed by atoms with E-state index in [1.165, 1.54) is 11.8 Å². The molecule has 3 atom stereocenters. The number of aromatic amines is 1. The molecule has 0 radical (unpaired) electrons. The van der Waals surface area contributed by atoms with E-state index in [1.54, 1.807) is 12.1 Å². The minimum atomic E-state index is -1.35. The number of aliphatic carboxylic acids is 2. The second-order valence-electron chi connectivity index (χ2n) is 7.75. The third-order valence-corrected chi connectivity index (χ3v) is 7.87. The molecule has 1 aromatic carbocycles. The molecule has 2 aliphatic heterocycles. The summed E-state index contributed by atoms with van der Waals surface area (Å²) in [4.78, 5) is 50.2. The maximum Gasteiger partial charge on any atom is 0.352 e. The van der Waals surface area contributed by atoms with Crippen LogP contribution < -0.4 is 11.1 Å². The van der Waals surface area contributed by atoms with Crippen molar-refractivity contribution >= 4 is 47.3 Å². The third-order valence-electron chi connectivity index (χ3n) is 5.44. The molecule has 0 saturated carbocycles. The van der Waals surface area contributed by atoms with Gasteiger partial charge in [0, 0.05) is 17.5 Å². The van der Waals surface area contributed by atoms with Crippen LogP contribution in [0, 0.1) is 0 Å². The minimum absolute atomic E-state index is 0.0461. The van der Waals surface area contributed by atoms with E-state index in [1.807, 2.05) is 12.1 Å². The highest BCUT2D eigenvalue weighted by Gasteiger charge is 2.54. The first-order chi connectivity index (χ1) is 16.8. The van der Waals surface area contributed by atoms with Crippen molar-refractivity contribution in [1.29, 1.82) is 0 Å². The van der Waals surface area contributed by atoms with Crippen molar-refractivity contribution in [2.75, 3.05) is 5.75 Å². The first kappa shape index (κ1) is 24.7. The van der Waals surface area contributed by atoms with Gasteiger partial charge >= 0.3 is 11.9 Å². The molecule has 1 fully saturated rings. The average molecular weight is 520 g/mol. The molecule has 1 aromatic heterocycles. The van der Waals surface area contributed by atoms with Crippen molar-refractivity contribution in [1.82, 2.24) is 30.8 Å². The number of carboxylic acid groups (broad SMARTS) is 2. The van der Waals surface area contributed by atoms with Crippen LogP contribution in [0.25, 0.3) is 0 Å². The van der Waals surface area contributed by atoms with Crippen molar-refractivity contribution in [3.8, 4) is 0 Å². The highest BCUT2D eigenvalue weighted by Crippen LogP contribution is 2.44. The van der Waals surface area contributed by atoms with Crippen LogP contribution in [0.15, 0.2) is 40.7 Å². The normalized spacial score (nSPS) is 20.1. The molecule has 1 saturated heterocycles. The average Bonchev–Trinajstić information content (AvgIpc) is 3.34. The van der Waals surface area contributed by atoms with Gasteiger partial charge in [-0.05, 0) is 27.1 Å². The third kappa shape index (κ3) is 5.31. The van der Waals surface area contributed by atoms with E-state index in [4.69, 9.17) is 5.73 Å². The number of carbonyl (C=O) groups excluding carboxylic acids is 2. The smallest absolute Gasteiger partial charge is 0.352 e. The van der Waals surface area contributed by atoms with Crippen molar-refractivity contribution in [2.45, 2.75) is 41.2 Å². The lowest BCUT2D eigenvalue weighted by atomic mass is 10.00. The van der Waals surface area contributed by atoms with E-state index in [0.29, 0.717) is 6.54 Å². The van der Waals surface area contributed by atoms with Crippen LogP contribution in [0.2, 0.25) is 0 Å². The van der Waals surface area contributed by atoms with Gasteiger partial charge in [-0.25, -0.2) is 9.89 Å². The number of carboxylic acids is 2. The molecular formula is C20H21N7O6S2. The summed E-state index contributed by atoms with van der Waals surface area (Å²) in [5, 5.41) is 33.9. The molecule has 2 aliphatic rings. The molecule has 184 valence electrons. The minimum Gasteiger partial charge on any atom is -0.481 e. The number of aromatic nitrogens is 4. The van der Waals surface area contributed by atoms with E-state index in [9.17, 15) is 29.4 Å². The van der Waals surface area contributed by atoms with Gasteiger partial charge in [-0.1, -0.05) is 36.0 Å². The molecule has 0 spiro atoms. The number of H-pyrrole nitrogens is 1. The van der Waals surface area contributed by atoms with Crippen LogP contribution in [0.4, 0.5) is 0 Å². The Labute approximate surface area is 206 Å². The molecule has 0 aliphatic carbocycles. The number of fused-ring (bicyclic) bond motifs is 1. The number of tetrazole rings is 1. The number of β-lactam (4-membered cyclic amide) rings is 1. The Bertz CT molecular complexity index is 1190. The quantitative estimate of drug-likeness (QED) is 0.200. The van der Waals surface area contributed by atoms with Gasteiger partial charge in [0.05, 0.1) is 12.8 Å². The van der Waals surface area contributed by atoms with E-state index in [0.717, 1.165) is 27.8 Å². The maximum atomic E-state index is 12.9. The largest absolute Gasteiger partial charge is 0.481 e. The van der Waals surface area contributed by atoms with Gasteiger partial charge in [-0.2, -0.15) is 0 Å². The first-order valence-electron chi connectivity index (χ1n) is 10.4. The number of amides is 2. The van der Waals surface area contributed by atoms with Crippen molar-refractivity contribution in [3.63, 3.8) is 0 Å². The Kier molecular flexibility index (Phi) is 7.37. The van der Waals surface area contributed by atoms with Crippen LogP contribution in [0.5, 0.6) is 0 Å². The Morgan fingerprint density at radius 2 is 2.09 bits per heavy atom. The highest BCUT2D eigenvalue weighted by molar-refractivity contribution is 8.01. The van der Waals surface area contributed by atoms with Gasteiger partial charge in [0.15, 0.2) is 0 Å². The summed E-state index contributed by atoms with van der Waals surface area (Å²) >= 11 is 2.23. The summed E-state index contributed by atoms with van der Waals surface area (Å²) in [6.45, 7) is 0.338. The summed E-state index contributed by atoms with van der Waals surface area (Å²) in [6, 6.07) is 6.35. The van der Waals surface area contributed by atoms with Gasteiger partial charge in [0.1, 0.15) is 17.1 Å². The van der Waals surface area contributed by atoms with Gasteiger partial charge in [-0.15, -0.1) is 16.9 Å². The monoisotopic (exact) mass is 519 g/mol. The number of hydrogen-bond donors (Lipinski definition) is 5. The Hall–Kier alpha value is -3.43. The zero-order valence-corrected chi connectivity index (χ0v) is 19.7. The predicted octanol–water partition coefficient (Wildman–Crippen LogP) is -0.425. The standard InChI is InChI=1S/C20H21N7O6S2/c21-7-10-3-1-2-9(4-10)5-13(28)22-15-17(31)27-16(19(32)33)11(8-34-18(15)27)12(6-14(29)30)35-20-23-25-26-24-20/h1-4,12,15,18H,5-8,21H2,(H,22,28)(H,29,30)(H,32,33)(H,23,24,25,26)/t12?,15?,18-/m0/s1. The van der Waals surface area contributed by atoms with Crippen LogP contribution in [0.1, 0.15) is 17.5 Å². The topological polar surface area (TPSA) is 204 Å². The highest BCUT2D eigenvalue weighted by atomic mass is 32.2.